The predicted molar refractivity (Wildman–Crippen MR) is 126 cm³/mol. The Morgan fingerprint density at radius 2 is 2.09 bits per heavy atom. The van der Waals surface area contributed by atoms with E-state index in [0.717, 1.165) is 19.3 Å². The second-order valence-electron chi connectivity index (χ2n) is 10.0. The van der Waals surface area contributed by atoms with E-state index < -0.39 is 29.6 Å². The summed E-state index contributed by atoms with van der Waals surface area (Å²) in [6, 6.07) is 5.11. The fourth-order valence-corrected chi connectivity index (χ4v) is 4.25. The van der Waals surface area contributed by atoms with Gasteiger partial charge in [0.2, 0.25) is 5.72 Å². The van der Waals surface area contributed by atoms with Crippen molar-refractivity contribution in [2.24, 2.45) is 0 Å². The third kappa shape index (κ3) is 6.52. The molecule has 2 unspecified atom stereocenters. The van der Waals surface area contributed by atoms with Gasteiger partial charge < -0.3 is 24.4 Å². The van der Waals surface area contributed by atoms with Crippen LogP contribution in [-0.2, 0) is 19.1 Å². The minimum atomic E-state index is -1.00. The average Bonchev–Trinajstić information content (AvgIpc) is 2.81. The Morgan fingerprint density at radius 1 is 1.26 bits per heavy atom. The fourth-order valence-electron chi connectivity index (χ4n) is 4.25. The molecule has 2 atom stereocenters. The third-order valence-corrected chi connectivity index (χ3v) is 5.86. The van der Waals surface area contributed by atoms with Gasteiger partial charge in [-0.15, -0.1) is 0 Å². The van der Waals surface area contributed by atoms with Gasteiger partial charge >= 0.3 is 6.09 Å². The summed E-state index contributed by atoms with van der Waals surface area (Å²) in [6.45, 7) is 6.79. The zero-order valence-corrected chi connectivity index (χ0v) is 20.4. The summed E-state index contributed by atoms with van der Waals surface area (Å²) in [5, 5.41) is 2.94. The molecular weight excluding hydrogens is 454 g/mol. The SMILES string of the molecule is CC(C)(C)OC(=O)N1CCCC2(C1)NC(=O)c1cc(C=CC(=O)NOC3CCCCO3)ccc1O2. The first-order valence-corrected chi connectivity index (χ1v) is 12.0. The maximum Gasteiger partial charge on any atom is 0.410 e. The van der Waals surface area contributed by atoms with Crippen LogP contribution < -0.4 is 15.5 Å². The largest absolute Gasteiger partial charge is 0.465 e. The average molecular weight is 488 g/mol. The predicted octanol–water partition coefficient (Wildman–Crippen LogP) is 3.12. The van der Waals surface area contributed by atoms with E-state index in [4.69, 9.17) is 19.0 Å². The van der Waals surface area contributed by atoms with E-state index in [2.05, 4.69) is 10.8 Å². The number of hydrogen-bond donors (Lipinski definition) is 2. The molecule has 2 fully saturated rings. The zero-order valence-electron chi connectivity index (χ0n) is 20.4. The van der Waals surface area contributed by atoms with Crippen molar-refractivity contribution in [3.63, 3.8) is 0 Å². The zero-order chi connectivity index (χ0) is 25.1. The summed E-state index contributed by atoms with van der Waals surface area (Å²) in [4.78, 5) is 44.4. The van der Waals surface area contributed by atoms with Gasteiger partial charge in [0.25, 0.3) is 11.8 Å². The Hall–Kier alpha value is -3.11. The van der Waals surface area contributed by atoms with E-state index in [1.165, 1.54) is 6.08 Å². The first-order chi connectivity index (χ1) is 16.6. The fraction of sp³-hybridized carbons (Fsp3) is 0.560. The number of nitrogens with zero attached hydrogens (tertiary/aromatic N) is 1. The van der Waals surface area contributed by atoms with Gasteiger partial charge in [-0.25, -0.2) is 15.1 Å². The van der Waals surface area contributed by atoms with Gasteiger partial charge in [0.05, 0.1) is 12.1 Å². The van der Waals surface area contributed by atoms with Gasteiger partial charge in [-0.3, -0.25) is 9.59 Å². The van der Waals surface area contributed by atoms with Crippen LogP contribution in [0.4, 0.5) is 4.79 Å². The molecule has 1 aromatic rings. The van der Waals surface area contributed by atoms with Gasteiger partial charge in [0, 0.05) is 32.1 Å². The number of likely N-dealkylation sites (tertiary alicyclic amines) is 1. The highest BCUT2D eigenvalue weighted by Gasteiger charge is 2.45. The van der Waals surface area contributed by atoms with E-state index in [1.807, 2.05) is 20.8 Å². The molecule has 10 nitrogen and oxygen atoms in total. The Kier molecular flexibility index (Phi) is 7.32. The molecule has 3 heterocycles. The number of carbonyl (C=O) groups excluding carboxylic acids is 3. The Bertz CT molecular complexity index is 997. The summed E-state index contributed by atoms with van der Waals surface area (Å²) in [6.07, 6.45) is 6.02. The molecule has 2 saturated heterocycles. The lowest BCUT2D eigenvalue weighted by Gasteiger charge is -2.45. The number of nitrogens with one attached hydrogen (secondary N) is 2. The number of piperidine rings is 1. The van der Waals surface area contributed by atoms with Gasteiger partial charge in [-0.1, -0.05) is 6.07 Å². The molecule has 0 aliphatic carbocycles. The van der Waals surface area contributed by atoms with E-state index >= 15 is 0 Å². The molecule has 2 N–H and O–H groups in total. The lowest BCUT2D eigenvalue weighted by Crippen LogP contribution is -2.65. The van der Waals surface area contributed by atoms with Crippen LogP contribution in [0.5, 0.6) is 5.75 Å². The molecule has 1 aromatic carbocycles. The molecule has 1 spiro atoms. The molecule has 10 heteroatoms. The lowest BCUT2D eigenvalue weighted by molar-refractivity contribution is -0.198. The highest BCUT2D eigenvalue weighted by molar-refractivity contribution is 5.99. The molecule has 0 bridgehead atoms. The highest BCUT2D eigenvalue weighted by Crippen LogP contribution is 2.34. The van der Waals surface area contributed by atoms with Gasteiger partial charge in [-0.05, 0) is 63.8 Å². The molecule has 35 heavy (non-hydrogen) atoms. The van der Waals surface area contributed by atoms with Crippen LogP contribution in [0.2, 0.25) is 0 Å². The number of benzene rings is 1. The monoisotopic (exact) mass is 487 g/mol. The number of amides is 3. The summed E-state index contributed by atoms with van der Waals surface area (Å²) in [7, 11) is 0. The number of fused-ring (bicyclic) bond motifs is 1. The molecule has 190 valence electrons. The first kappa shape index (κ1) is 25.0. The van der Waals surface area contributed by atoms with Crippen molar-refractivity contribution in [3.8, 4) is 5.75 Å². The van der Waals surface area contributed by atoms with Gasteiger partial charge in [0.15, 0.2) is 6.29 Å². The standard InChI is InChI=1S/C25H33N3O7/c1-24(2,3)34-23(31)28-13-6-12-25(16-28)26-22(30)18-15-17(8-10-19(18)33-25)9-11-20(29)27-35-21-7-4-5-14-32-21/h8-11,15,21H,4-7,12-14,16H2,1-3H3,(H,26,30)(H,27,29). The van der Waals surface area contributed by atoms with Gasteiger partial charge in [-0.2, -0.15) is 0 Å². The Balaban J connectivity index is 1.38. The highest BCUT2D eigenvalue weighted by atomic mass is 16.8. The molecule has 0 saturated carbocycles. The number of hydrogen-bond acceptors (Lipinski definition) is 7. The van der Waals surface area contributed by atoms with Crippen molar-refractivity contribution in [2.75, 3.05) is 19.7 Å². The van der Waals surface area contributed by atoms with E-state index in [1.54, 1.807) is 29.2 Å². The molecule has 3 amide bonds. The molecule has 0 aromatic heterocycles. The maximum atomic E-state index is 13.0. The van der Waals surface area contributed by atoms with Crippen LogP contribution in [0.1, 0.15) is 68.8 Å². The van der Waals surface area contributed by atoms with Crippen LogP contribution in [0.3, 0.4) is 0 Å². The normalized spacial score (nSPS) is 24.5. The van der Waals surface area contributed by atoms with Crippen molar-refractivity contribution >= 4 is 24.0 Å². The van der Waals surface area contributed by atoms with Crippen molar-refractivity contribution in [1.29, 1.82) is 0 Å². The van der Waals surface area contributed by atoms with Crippen molar-refractivity contribution < 1.29 is 33.4 Å². The van der Waals surface area contributed by atoms with Crippen molar-refractivity contribution in [2.45, 2.75) is 70.5 Å². The summed E-state index contributed by atoms with van der Waals surface area (Å²) >= 11 is 0. The van der Waals surface area contributed by atoms with Crippen LogP contribution >= 0.6 is 0 Å². The molecular formula is C25H33N3O7. The van der Waals surface area contributed by atoms with Crippen LogP contribution in [0.25, 0.3) is 6.08 Å². The van der Waals surface area contributed by atoms with Gasteiger partial charge in [0.1, 0.15) is 11.4 Å². The minimum absolute atomic E-state index is 0.194. The van der Waals surface area contributed by atoms with Crippen LogP contribution in [0.15, 0.2) is 24.3 Å². The van der Waals surface area contributed by atoms with Crippen LogP contribution in [-0.4, -0.2) is 60.1 Å². The number of rotatable bonds is 4. The first-order valence-electron chi connectivity index (χ1n) is 12.0. The van der Waals surface area contributed by atoms with E-state index in [9.17, 15) is 14.4 Å². The number of hydroxylamine groups is 1. The molecule has 3 aliphatic rings. The second kappa shape index (κ2) is 10.2. The summed E-state index contributed by atoms with van der Waals surface area (Å²) < 4.78 is 17.1. The summed E-state index contributed by atoms with van der Waals surface area (Å²) in [5.41, 5.74) is 1.76. The topological polar surface area (TPSA) is 115 Å². The van der Waals surface area contributed by atoms with E-state index in [0.29, 0.717) is 42.9 Å². The molecule has 4 rings (SSSR count). The summed E-state index contributed by atoms with van der Waals surface area (Å²) in [5.74, 6) is -0.296. The molecule has 0 radical (unpaired) electrons. The number of carbonyl (C=O) groups is 3. The van der Waals surface area contributed by atoms with Crippen molar-refractivity contribution in [1.82, 2.24) is 15.7 Å². The Morgan fingerprint density at radius 3 is 2.83 bits per heavy atom. The molecule has 3 aliphatic heterocycles. The quantitative estimate of drug-likeness (QED) is 0.495. The van der Waals surface area contributed by atoms with Crippen molar-refractivity contribution in [3.05, 3.63) is 35.4 Å². The van der Waals surface area contributed by atoms with E-state index in [-0.39, 0.29) is 12.5 Å². The lowest BCUT2D eigenvalue weighted by atomic mass is 9.97. The van der Waals surface area contributed by atoms with Crippen LogP contribution in [0, 0.1) is 0 Å². The second-order valence-corrected chi connectivity index (χ2v) is 10.0. The minimum Gasteiger partial charge on any atom is -0.465 e. The Labute approximate surface area is 204 Å². The maximum absolute atomic E-state index is 13.0. The number of ether oxygens (including phenoxy) is 3. The smallest absolute Gasteiger partial charge is 0.410 e. The third-order valence-electron chi connectivity index (χ3n) is 5.86.